The molecule has 0 aromatic heterocycles. The van der Waals surface area contributed by atoms with Crippen molar-refractivity contribution in [2.24, 2.45) is 4.99 Å². The van der Waals surface area contributed by atoms with Crippen molar-refractivity contribution < 1.29 is 9.94 Å². The van der Waals surface area contributed by atoms with Crippen LogP contribution in [0.25, 0.3) is 0 Å². The van der Waals surface area contributed by atoms with Gasteiger partial charge in [0, 0.05) is 0 Å². The molecule has 0 aliphatic rings. The second-order valence-electron chi connectivity index (χ2n) is 2.43. The highest BCUT2D eigenvalue weighted by atomic mass is 32.2. The Hall–Kier alpha value is -0.780. The van der Waals surface area contributed by atoms with Crippen LogP contribution in [0.2, 0.25) is 0 Å². The first-order chi connectivity index (χ1) is 6.70. The van der Waals surface area contributed by atoms with Gasteiger partial charge in [-0.15, -0.1) is 0 Å². The first kappa shape index (κ1) is 13.2. The topological polar surface area (TPSA) is 53.9 Å². The smallest absolute Gasteiger partial charge is 0.170 e. The molecule has 0 spiro atoms. The number of aliphatic imine (C=N–C) groups is 1. The number of thioether (sulfide) groups is 1. The molecule has 0 aromatic rings. The van der Waals surface area contributed by atoms with E-state index in [4.69, 9.17) is 5.11 Å². The fourth-order valence-electron chi connectivity index (χ4n) is 0.696. The molecule has 0 amide bonds. The van der Waals surface area contributed by atoms with Crippen molar-refractivity contribution in [2.45, 2.75) is 19.8 Å². The van der Waals surface area contributed by atoms with Gasteiger partial charge in [0.05, 0.1) is 5.03 Å². The molecule has 0 radical (unpaired) electrons. The second kappa shape index (κ2) is 8.80. The van der Waals surface area contributed by atoms with Gasteiger partial charge in [-0.2, -0.15) is 0 Å². The SMILES string of the molecule is C=C(CCC)SC(=C)/N=C\NOCO. The molecular formula is C9H16N2O2S. The van der Waals surface area contributed by atoms with Crippen LogP contribution in [0.4, 0.5) is 0 Å². The number of nitrogens with one attached hydrogen (secondary N) is 1. The first-order valence-corrected chi connectivity index (χ1v) is 5.07. The summed E-state index contributed by atoms with van der Waals surface area (Å²) in [7, 11) is 0. The Morgan fingerprint density at radius 1 is 1.64 bits per heavy atom. The van der Waals surface area contributed by atoms with Gasteiger partial charge >= 0.3 is 0 Å². The Morgan fingerprint density at radius 2 is 2.36 bits per heavy atom. The lowest BCUT2D eigenvalue weighted by Gasteiger charge is -2.02. The molecule has 0 aliphatic carbocycles. The van der Waals surface area contributed by atoms with Crippen LogP contribution in [-0.2, 0) is 4.84 Å². The molecule has 0 heterocycles. The lowest BCUT2D eigenvalue weighted by molar-refractivity contribution is -0.0324. The van der Waals surface area contributed by atoms with Crippen LogP contribution in [0.5, 0.6) is 0 Å². The fourth-order valence-corrected chi connectivity index (χ4v) is 1.44. The van der Waals surface area contributed by atoms with Gasteiger partial charge < -0.3 is 5.11 Å². The molecule has 0 saturated heterocycles. The van der Waals surface area contributed by atoms with E-state index in [1.807, 2.05) is 0 Å². The van der Waals surface area contributed by atoms with E-state index < -0.39 is 6.79 Å². The lowest BCUT2D eigenvalue weighted by Crippen LogP contribution is -2.12. The van der Waals surface area contributed by atoms with Crippen LogP contribution in [0.1, 0.15) is 19.8 Å². The molecule has 0 saturated carbocycles. The fraction of sp³-hybridized carbons (Fsp3) is 0.444. The molecule has 0 fully saturated rings. The van der Waals surface area contributed by atoms with E-state index >= 15 is 0 Å². The number of aliphatic hydroxyl groups excluding tert-OH is 1. The number of nitrogens with zero attached hydrogens (tertiary/aromatic N) is 1. The van der Waals surface area contributed by atoms with Crippen molar-refractivity contribution in [3.05, 3.63) is 23.1 Å². The van der Waals surface area contributed by atoms with Crippen molar-refractivity contribution in [3.8, 4) is 0 Å². The number of aliphatic hydroxyl groups is 1. The van der Waals surface area contributed by atoms with Crippen molar-refractivity contribution in [3.63, 3.8) is 0 Å². The van der Waals surface area contributed by atoms with Crippen LogP contribution >= 0.6 is 11.8 Å². The van der Waals surface area contributed by atoms with Gasteiger partial charge in [-0.25, -0.2) is 9.83 Å². The number of allylic oxidation sites excluding steroid dienone is 1. The Morgan fingerprint density at radius 3 is 2.93 bits per heavy atom. The van der Waals surface area contributed by atoms with Crippen LogP contribution in [0, 0.1) is 0 Å². The van der Waals surface area contributed by atoms with E-state index in [-0.39, 0.29) is 0 Å². The summed E-state index contributed by atoms with van der Waals surface area (Å²) in [5.41, 5.74) is 2.33. The minimum Gasteiger partial charge on any atom is -0.368 e. The standard InChI is InChI=1S/C9H16N2O2S/c1-4-5-8(2)14-9(3)10-6-11-13-7-12/h6,12H,2-5,7H2,1H3,(H,10,11). The minimum atomic E-state index is -0.395. The van der Waals surface area contributed by atoms with Gasteiger partial charge in [-0.1, -0.05) is 38.3 Å². The molecule has 0 aromatic carbocycles. The highest BCUT2D eigenvalue weighted by molar-refractivity contribution is 8.06. The average molecular weight is 216 g/mol. The molecule has 2 N–H and O–H groups in total. The molecule has 0 atom stereocenters. The lowest BCUT2D eigenvalue weighted by atomic mass is 10.3. The number of rotatable bonds is 8. The summed E-state index contributed by atoms with van der Waals surface area (Å²) in [6.45, 7) is 9.28. The van der Waals surface area contributed by atoms with Gasteiger partial charge in [0.2, 0.25) is 0 Å². The largest absolute Gasteiger partial charge is 0.368 e. The average Bonchev–Trinajstić information content (AvgIpc) is 2.13. The quantitative estimate of drug-likeness (QED) is 0.214. The summed E-state index contributed by atoms with van der Waals surface area (Å²) in [5, 5.41) is 8.90. The zero-order chi connectivity index (χ0) is 10.8. The maximum atomic E-state index is 8.26. The summed E-state index contributed by atoms with van der Waals surface area (Å²) in [5.74, 6) is 0. The summed E-state index contributed by atoms with van der Waals surface area (Å²) < 4.78 is 0. The normalized spacial score (nSPS) is 10.4. The molecule has 5 heteroatoms. The van der Waals surface area contributed by atoms with Gasteiger partial charge in [0.15, 0.2) is 6.79 Å². The summed E-state index contributed by atoms with van der Waals surface area (Å²) in [4.78, 5) is 9.38. The second-order valence-corrected chi connectivity index (χ2v) is 3.69. The molecule has 0 unspecified atom stereocenters. The van der Waals surface area contributed by atoms with E-state index in [1.165, 1.54) is 18.1 Å². The summed E-state index contributed by atoms with van der Waals surface area (Å²) in [6.07, 6.45) is 3.35. The van der Waals surface area contributed by atoms with Crippen LogP contribution < -0.4 is 5.48 Å². The molecule has 4 nitrogen and oxygen atoms in total. The molecule has 0 bridgehead atoms. The number of hydrogen-bond donors (Lipinski definition) is 2. The van der Waals surface area contributed by atoms with Crippen molar-refractivity contribution >= 4 is 18.1 Å². The van der Waals surface area contributed by atoms with Crippen molar-refractivity contribution in [1.29, 1.82) is 0 Å². The van der Waals surface area contributed by atoms with E-state index in [9.17, 15) is 0 Å². The Bertz CT molecular complexity index is 217. The summed E-state index contributed by atoms with van der Waals surface area (Å²) >= 11 is 1.44. The highest BCUT2D eigenvalue weighted by Gasteiger charge is 1.95. The third-order valence-electron chi connectivity index (χ3n) is 1.20. The van der Waals surface area contributed by atoms with E-state index in [0.29, 0.717) is 5.03 Å². The zero-order valence-corrected chi connectivity index (χ0v) is 9.14. The van der Waals surface area contributed by atoms with Gasteiger partial charge in [0.25, 0.3) is 0 Å². The van der Waals surface area contributed by atoms with Crippen molar-refractivity contribution in [1.82, 2.24) is 5.48 Å². The maximum absolute atomic E-state index is 8.26. The Balaban J connectivity index is 3.63. The maximum Gasteiger partial charge on any atom is 0.170 e. The predicted octanol–water partition coefficient (Wildman–Crippen LogP) is 2.00. The zero-order valence-electron chi connectivity index (χ0n) is 8.32. The highest BCUT2D eigenvalue weighted by Crippen LogP contribution is 2.26. The third-order valence-corrected chi connectivity index (χ3v) is 2.03. The Kier molecular flexibility index (Phi) is 8.31. The van der Waals surface area contributed by atoms with Crippen LogP contribution in [-0.4, -0.2) is 18.2 Å². The minimum absolute atomic E-state index is 0.395. The van der Waals surface area contributed by atoms with Gasteiger partial charge in [-0.05, 0) is 11.3 Å². The molecule has 0 aliphatic heterocycles. The number of hydroxylamine groups is 1. The Labute approximate surface area is 88.7 Å². The van der Waals surface area contributed by atoms with E-state index in [0.717, 1.165) is 17.7 Å². The first-order valence-electron chi connectivity index (χ1n) is 4.26. The monoisotopic (exact) mass is 216 g/mol. The molecule has 0 rings (SSSR count). The third kappa shape index (κ3) is 7.85. The van der Waals surface area contributed by atoms with E-state index in [1.54, 1.807) is 0 Å². The predicted molar refractivity (Wildman–Crippen MR) is 60.6 cm³/mol. The van der Waals surface area contributed by atoms with E-state index in [2.05, 4.69) is 35.4 Å². The van der Waals surface area contributed by atoms with Crippen LogP contribution in [0.15, 0.2) is 28.1 Å². The van der Waals surface area contributed by atoms with Gasteiger partial charge in [-0.3, -0.25) is 5.48 Å². The molecule has 14 heavy (non-hydrogen) atoms. The summed E-state index contributed by atoms with van der Waals surface area (Å²) in [6, 6.07) is 0. The van der Waals surface area contributed by atoms with Gasteiger partial charge in [0.1, 0.15) is 6.34 Å². The van der Waals surface area contributed by atoms with Crippen LogP contribution in [0.3, 0.4) is 0 Å². The number of hydrogen-bond acceptors (Lipinski definition) is 4. The van der Waals surface area contributed by atoms with Crippen molar-refractivity contribution in [2.75, 3.05) is 6.79 Å². The molecular weight excluding hydrogens is 200 g/mol. The molecule has 80 valence electrons.